The quantitative estimate of drug-likeness (QED) is 0.411. The van der Waals surface area contributed by atoms with Gasteiger partial charge in [-0.1, -0.05) is 31.2 Å². The molecule has 2 N–H and O–H groups in total. The standard InChI is InChI=1S/C17H23N3S.HI/c1-3-15-7-5-6-8-16(15)12-20-17(18-4-2)19-11-14-9-10-21-13-14;/h5-10,13H,3-4,11-12H2,1-2H3,(H2,18,19,20);1H. The normalized spacial score (nSPS) is 10.9. The zero-order valence-electron chi connectivity index (χ0n) is 13.1. The van der Waals surface area contributed by atoms with Crippen LogP contribution in [0.4, 0.5) is 0 Å². The van der Waals surface area contributed by atoms with Crippen LogP contribution in [0, 0.1) is 0 Å². The summed E-state index contributed by atoms with van der Waals surface area (Å²) >= 11 is 1.71. The van der Waals surface area contributed by atoms with Gasteiger partial charge in [-0.2, -0.15) is 11.3 Å². The van der Waals surface area contributed by atoms with Crippen molar-refractivity contribution < 1.29 is 0 Å². The van der Waals surface area contributed by atoms with Gasteiger partial charge in [0.15, 0.2) is 5.96 Å². The van der Waals surface area contributed by atoms with Crippen LogP contribution in [-0.2, 0) is 19.5 Å². The molecular weight excluding hydrogens is 405 g/mol. The maximum Gasteiger partial charge on any atom is 0.191 e. The summed E-state index contributed by atoms with van der Waals surface area (Å²) in [5, 5.41) is 10.9. The van der Waals surface area contributed by atoms with E-state index in [4.69, 9.17) is 0 Å². The summed E-state index contributed by atoms with van der Waals surface area (Å²) < 4.78 is 0. The predicted octanol–water partition coefficient (Wildman–Crippen LogP) is 4.18. The number of benzene rings is 1. The van der Waals surface area contributed by atoms with E-state index < -0.39 is 0 Å². The molecule has 0 saturated heterocycles. The number of halogens is 1. The first-order chi connectivity index (χ1) is 10.3. The molecule has 3 nitrogen and oxygen atoms in total. The SMILES string of the molecule is CCNC(=NCc1ccsc1)NCc1ccccc1CC.I. The van der Waals surface area contributed by atoms with Crippen molar-refractivity contribution in [3.8, 4) is 0 Å². The molecule has 0 aliphatic heterocycles. The van der Waals surface area contributed by atoms with Gasteiger partial charge in [0.2, 0.25) is 0 Å². The lowest BCUT2D eigenvalue weighted by molar-refractivity contribution is 0.809. The summed E-state index contributed by atoms with van der Waals surface area (Å²) in [5.74, 6) is 0.870. The molecule has 0 amide bonds. The zero-order chi connectivity index (χ0) is 14.9. The highest BCUT2D eigenvalue weighted by Gasteiger charge is 2.02. The van der Waals surface area contributed by atoms with Crippen molar-refractivity contribution in [3.05, 3.63) is 57.8 Å². The number of guanidine groups is 1. The second kappa shape index (κ2) is 10.6. The Kier molecular flexibility index (Phi) is 9.15. The average molecular weight is 429 g/mol. The highest BCUT2D eigenvalue weighted by atomic mass is 127. The Morgan fingerprint density at radius 3 is 2.50 bits per heavy atom. The van der Waals surface area contributed by atoms with Crippen molar-refractivity contribution in [1.82, 2.24) is 10.6 Å². The third-order valence-corrected chi connectivity index (χ3v) is 4.02. The van der Waals surface area contributed by atoms with Gasteiger partial charge in [-0.3, -0.25) is 0 Å². The number of rotatable bonds is 6. The minimum atomic E-state index is 0. The van der Waals surface area contributed by atoms with Gasteiger partial charge < -0.3 is 10.6 Å². The Morgan fingerprint density at radius 2 is 1.86 bits per heavy atom. The van der Waals surface area contributed by atoms with E-state index in [1.807, 2.05) is 0 Å². The van der Waals surface area contributed by atoms with Crippen LogP contribution in [0.2, 0.25) is 0 Å². The van der Waals surface area contributed by atoms with Crippen LogP contribution >= 0.6 is 35.3 Å². The second-order valence-corrected chi connectivity index (χ2v) is 5.58. The lowest BCUT2D eigenvalue weighted by Gasteiger charge is -2.13. The van der Waals surface area contributed by atoms with Crippen molar-refractivity contribution in [1.29, 1.82) is 0 Å². The summed E-state index contributed by atoms with van der Waals surface area (Å²) in [6.45, 7) is 6.66. The Labute approximate surface area is 154 Å². The third-order valence-electron chi connectivity index (χ3n) is 3.29. The lowest BCUT2D eigenvalue weighted by atomic mass is 10.1. The summed E-state index contributed by atoms with van der Waals surface area (Å²) in [5.41, 5.74) is 3.98. The number of nitrogens with one attached hydrogen (secondary N) is 2. The molecule has 120 valence electrons. The Hall–Kier alpha value is -1.08. The number of thiophene rings is 1. The fourth-order valence-corrected chi connectivity index (χ4v) is 2.81. The fraction of sp³-hybridized carbons (Fsp3) is 0.353. The molecule has 0 fully saturated rings. The van der Waals surface area contributed by atoms with Crippen LogP contribution in [0.15, 0.2) is 46.1 Å². The summed E-state index contributed by atoms with van der Waals surface area (Å²) in [6, 6.07) is 10.7. The zero-order valence-corrected chi connectivity index (χ0v) is 16.3. The largest absolute Gasteiger partial charge is 0.357 e. The Balaban J connectivity index is 0.00000242. The maximum atomic E-state index is 4.63. The summed E-state index contributed by atoms with van der Waals surface area (Å²) in [7, 11) is 0. The Bertz CT molecular complexity index is 567. The molecular formula is C17H24IN3S. The molecule has 0 bridgehead atoms. The molecule has 0 radical (unpaired) electrons. The van der Waals surface area contributed by atoms with Crippen molar-refractivity contribution >= 4 is 41.3 Å². The number of aliphatic imine (C=N–C) groups is 1. The highest BCUT2D eigenvalue weighted by Crippen LogP contribution is 2.09. The van der Waals surface area contributed by atoms with Gasteiger partial charge in [-0.05, 0) is 46.9 Å². The summed E-state index contributed by atoms with van der Waals surface area (Å²) in [4.78, 5) is 4.63. The first-order valence-corrected chi connectivity index (χ1v) is 8.37. The molecule has 1 aromatic heterocycles. The van der Waals surface area contributed by atoms with Gasteiger partial charge in [-0.15, -0.1) is 24.0 Å². The van der Waals surface area contributed by atoms with E-state index in [-0.39, 0.29) is 24.0 Å². The summed E-state index contributed by atoms with van der Waals surface area (Å²) in [6.07, 6.45) is 1.06. The highest BCUT2D eigenvalue weighted by molar-refractivity contribution is 14.0. The number of hydrogen-bond donors (Lipinski definition) is 2. The van der Waals surface area contributed by atoms with E-state index >= 15 is 0 Å². The molecule has 1 aromatic carbocycles. The molecule has 2 rings (SSSR count). The van der Waals surface area contributed by atoms with E-state index in [0.717, 1.165) is 25.5 Å². The topological polar surface area (TPSA) is 36.4 Å². The van der Waals surface area contributed by atoms with Crippen molar-refractivity contribution in [2.24, 2.45) is 4.99 Å². The average Bonchev–Trinajstić information content (AvgIpc) is 3.03. The van der Waals surface area contributed by atoms with E-state index in [2.05, 4.69) is 70.6 Å². The number of nitrogens with zero attached hydrogens (tertiary/aromatic N) is 1. The molecule has 22 heavy (non-hydrogen) atoms. The van der Waals surface area contributed by atoms with Crippen LogP contribution in [0.1, 0.15) is 30.5 Å². The van der Waals surface area contributed by atoms with E-state index in [1.165, 1.54) is 16.7 Å². The smallest absolute Gasteiger partial charge is 0.191 e. The van der Waals surface area contributed by atoms with Gasteiger partial charge in [-0.25, -0.2) is 4.99 Å². The van der Waals surface area contributed by atoms with Crippen LogP contribution in [0.3, 0.4) is 0 Å². The van der Waals surface area contributed by atoms with Gasteiger partial charge in [0.05, 0.1) is 6.54 Å². The van der Waals surface area contributed by atoms with Gasteiger partial charge in [0, 0.05) is 13.1 Å². The van der Waals surface area contributed by atoms with Crippen LogP contribution in [0.25, 0.3) is 0 Å². The van der Waals surface area contributed by atoms with Crippen LogP contribution in [0.5, 0.6) is 0 Å². The molecule has 0 unspecified atom stereocenters. The molecule has 0 aliphatic carbocycles. The molecule has 1 heterocycles. The first kappa shape index (κ1) is 19.0. The minimum Gasteiger partial charge on any atom is -0.357 e. The lowest BCUT2D eigenvalue weighted by Crippen LogP contribution is -2.37. The molecule has 0 aliphatic rings. The van der Waals surface area contributed by atoms with Crippen molar-refractivity contribution in [2.45, 2.75) is 33.4 Å². The maximum absolute atomic E-state index is 4.63. The Morgan fingerprint density at radius 1 is 1.09 bits per heavy atom. The number of aryl methyl sites for hydroxylation is 1. The number of hydrogen-bond acceptors (Lipinski definition) is 2. The minimum absolute atomic E-state index is 0. The van der Waals surface area contributed by atoms with Gasteiger partial charge in [0.25, 0.3) is 0 Å². The third kappa shape index (κ3) is 5.96. The first-order valence-electron chi connectivity index (χ1n) is 7.43. The van der Waals surface area contributed by atoms with E-state index in [0.29, 0.717) is 6.54 Å². The van der Waals surface area contributed by atoms with Crippen LogP contribution < -0.4 is 10.6 Å². The molecule has 0 spiro atoms. The molecule has 0 saturated carbocycles. The van der Waals surface area contributed by atoms with Gasteiger partial charge >= 0.3 is 0 Å². The van der Waals surface area contributed by atoms with Crippen molar-refractivity contribution in [2.75, 3.05) is 6.54 Å². The fourth-order valence-electron chi connectivity index (χ4n) is 2.15. The van der Waals surface area contributed by atoms with E-state index in [9.17, 15) is 0 Å². The molecule has 0 atom stereocenters. The van der Waals surface area contributed by atoms with Gasteiger partial charge in [0.1, 0.15) is 0 Å². The van der Waals surface area contributed by atoms with Crippen LogP contribution in [-0.4, -0.2) is 12.5 Å². The van der Waals surface area contributed by atoms with Crippen molar-refractivity contribution in [3.63, 3.8) is 0 Å². The van der Waals surface area contributed by atoms with E-state index in [1.54, 1.807) is 11.3 Å². The monoisotopic (exact) mass is 429 g/mol. The predicted molar refractivity (Wildman–Crippen MR) is 107 cm³/mol. The molecule has 2 aromatic rings. The second-order valence-electron chi connectivity index (χ2n) is 4.80. The molecule has 5 heteroatoms.